The fourth-order valence-electron chi connectivity index (χ4n) is 1.72. The fourth-order valence-corrected chi connectivity index (χ4v) is 3.73. The average molecular weight is 275 g/mol. The number of thiophene rings is 1. The van der Waals surface area contributed by atoms with Gasteiger partial charge in [-0.1, -0.05) is 29.5 Å². The molecule has 2 heterocycles. The van der Waals surface area contributed by atoms with Gasteiger partial charge in [0, 0.05) is 4.70 Å². The molecule has 3 rings (SSSR count). The number of nitrogens with zero attached hydrogens (tertiary/aromatic N) is 2. The van der Waals surface area contributed by atoms with Gasteiger partial charge in [-0.25, -0.2) is 0 Å². The largest absolute Gasteiger partial charge is 0.311 e. The Morgan fingerprint density at radius 2 is 2.00 bits per heavy atom. The fraction of sp³-hybridized carbons (Fsp3) is 0.231. The maximum absolute atomic E-state index is 4.29. The molecule has 0 saturated heterocycles. The third-order valence-corrected chi connectivity index (χ3v) is 5.27. The number of fused-ring (bicyclic) bond motifs is 1. The highest BCUT2D eigenvalue weighted by atomic mass is 32.1. The molecule has 0 aliphatic heterocycles. The molecule has 2 aromatic heterocycles. The van der Waals surface area contributed by atoms with E-state index < -0.39 is 0 Å². The molecule has 5 heteroatoms. The number of hydrogen-bond donors (Lipinski definition) is 1. The van der Waals surface area contributed by atoms with E-state index in [0.717, 1.165) is 10.0 Å². The minimum atomic E-state index is 0.255. The summed E-state index contributed by atoms with van der Waals surface area (Å²) in [5, 5.41) is 15.0. The highest BCUT2D eigenvalue weighted by Gasteiger charge is 2.13. The van der Waals surface area contributed by atoms with Crippen LogP contribution in [0.3, 0.4) is 0 Å². The van der Waals surface area contributed by atoms with Gasteiger partial charge in [0.25, 0.3) is 0 Å². The van der Waals surface area contributed by atoms with Crippen LogP contribution in [-0.4, -0.2) is 17.2 Å². The van der Waals surface area contributed by atoms with Crippen LogP contribution in [0.1, 0.15) is 18.0 Å². The Hall–Kier alpha value is -1.30. The van der Waals surface area contributed by atoms with Crippen molar-refractivity contribution in [1.29, 1.82) is 0 Å². The second-order valence-corrected chi connectivity index (χ2v) is 6.20. The lowest BCUT2D eigenvalue weighted by Crippen LogP contribution is -2.11. The summed E-state index contributed by atoms with van der Waals surface area (Å²) in [6, 6.07) is 10.8. The van der Waals surface area contributed by atoms with Gasteiger partial charge in [0.1, 0.15) is 5.01 Å². The van der Waals surface area contributed by atoms with Crippen LogP contribution in [0.5, 0.6) is 0 Å². The summed E-state index contributed by atoms with van der Waals surface area (Å²) in [5.74, 6) is 0. The van der Waals surface area contributed by atoms with E-state index in [1.165, 1.54) is 15.0 Å². The molecular formula is C13H13N3S2. The van der Waals surface area contributed by atoms with Crippen molar-refractivity contribution in [3.8, 4) is 9.88 Å². The first-order chi connectivity index (χ1) is 8.78. The molecular weight excluding hydrogens is 262 g/mol. The van der Waals surface area contributed by atoms with E-state index in [1.807, 2.05) is 7.05 Å². The molecule has 1 atom stereocenters. The van der Waals surface area contributed by atoms with Crippen molar-refractivity contribution in [1.82, 2.24) is 15.5 Å². The second-order valence-electron chi connectivity index (χ2n) is 4.10. The van der Waals surface area contributed by atoms with Crippen LogP contribution in [0.2, 0.25) is 0 Å². The third-order valence-electron chi connectivity index (χ3n) is 2.88. The molecule has 0 spiro atoms. The maximum Gasteiger partial charge on any atom is 0.157 e. The van der Waals surface area contributed by atoms with Gasteiger partial charge >= 0.3 is 0 Å². The van der Waals surface area contributed by atoms with Crippen molar-refractivity contribution in [2.24, 2.45) is 0 Å². The molecule has 18 heavy (non-hydrogen) atoms. The molecule has 3 aromatic rings. The summed E-state index contributed by atoms with van der Waals surface area (Å²) < 4.78 is 1.30. The molecule has 1 unspecified atom stereocenters. The lowest BCUT2D eigenvalue weighted by Gasteiger charge is -2.02. The van der Waals surface area contributed by atoms with Gasteiger partial charge in [-0.05, 0) is 31.5 Å². The van der Waals surface area contributed by atoms with Crippen LogP contribution in [0.4, 0.5) is 0 Å². The predicted molar refractivity (Wildman–Crippen MR) is 78.2 cm³/mol. The molecule has 1 aromatic carbocycles. The smallest absolute Gasteiger partial charge is 0.157 e. The predicted octanol–water partition coefficient (Wildman–Crippen LogP) is 3.70. The zero-order chi connectivity index (χ0) is 12.5. The van der Waals surface area contributed by atoms with Crippen LogP contribution in [-0.2, 0) is 0 Å². The number of aromatic nitrogens is 2. The molecule has 0 aliphatic rings. The quantitative estimate of drug-likeness (QED) is 0.792. The van der Waals surface area contributed by atoms with Crippen molar-refractivity contribution < 1.29 is 0 Å². The monoisotopic (exact) mass is 275 g/mol. The normalized spacial score (nSPS) is 13.0. The highest BCUT2D eigenvalue weighted by Crippen LogP contribution is 2.35. The number of benzene rings is 1. The Bertz CT molecular complexity index is 638. The molecule has 0 amide bonds. The molecule has 0 radical (unpaired) electrons. The lowest BCUT2D eigenvalue weighted by molar-refractivity contribution is 0.640. The summed E-state index contributed by atoms with van der Waals surface area (Å²) in [5.41, 5.74) is 0. The summed E-state index contributed by atoms with van der Waals surface area (Å²) in [6.45, 7) is 2.09. The van der Waals surface area contributed by atoms with E-state index in [2.05, 4.69) is 52.8 Å². The zero-order valence-electron chi connectivity index (χ0n) is 10.2. The van der Waals surface area contributed by atoms with E-state index in [4.69, 9.17) is 0 Å². The third kappa shape index (κ3) is 2.05. The average Bonchev–Trinajstić information content (AvgIpc) is 3.03. The topological polar surface area (TPSA) is 37.8 Å². The van der Waals surface area contributed by atoms with Gasteiger partial charge in [-0.2, -0.15) is 0 Å². The molecule has 0 bridgehead atoms. The van der Waals surface area contributed by atoms with Crippen molar-refractivity contribution >= 4 is 32.8 Å². The van der Waals surface area contributed by atoms with Crippen LogP contribution in [0, 0.1) is 0 Å². The summed E-state index contributed by atoms with van der Waals surface area (Å²) >= 11 is 3.43. The van der Waals surface area contributed by atoms with Crippen molar-refractivity contribution in [2.75, 3.05) is 7.05 Å². The van der Waals surface area contributed by atoms with Gasteiger partial charge in [0.05, 0.1) is 10.9 Å². The molecule has 0 fully saturated rings. The Morgan fingerprint density at radius 3 is 2.78 bits per heavy atom. The maximum atomic E-state index is 4.29. The minimum absolute atomic E-state index is 0.255. The number of hydrogen-bond acceptors (Lipinski definition) is 5. The Kier molecular flexibility index (Phi) is 3.11. The Balaban J connectivity index is 2.01. The molecule has 0 saturated carbocycles. The first kappa shape index (κ1) is 11.8. The summed E-state index contributed by atoms with van der Waals surface area (Å²) in [6.07, 6.45) is 0. The molecule has 0 aliphatic carbocycles. The van der Waals surface area contributed by atoms with E-state index >= 15 is 0 Å². The first-order valence-electron chi connectivity index (χ1n) is 5.77. The van der Waals surface area contributed by atoms with Crippen LogP contribution < -0.4 is 5.32 Å². The van der Waals surface area contributed by atoms with Crippen LogP contribution in [0.15, 0.2) is 30.3 Å². The highest BCUT2D eigenvalue weighted by molar-refractivity contribution is 7.25. The number of nitrogens with one attached hydrogen (secondary N) is 1. The first-order valence-corrected chi connectivity index (χ1v) is 7.41. The SMILES string of the molecule is CNC(C)c1nnc(-c2cc3ccccc3s2)s1. The second kappa shape index (κ2) is 4.76. The van der Waals surface area contributed by atoms with E-state index in [1.54, 1.807) is 22.7 Å². The molecule has 1 N–H and O–H groups in total. The van der Waals surface area contributed by atoms with Gasteiger partial charge in [0.2, 0.25) is 0 Å². The summed E-state index contributed by atoms with van der Waals surface area (Å²) in [7, 11) is 1.94. The molecule has 3 nitrogen and oxygen atoms in total. The van der Waals surface area contributed by atoms with Crippen molar-refractivity contribution in [3.63, 3.8) is 0 Å². The van der Waals surface area contributed by atoms with Gasteiger partial charge < -0.3 is 5.32 Å². The van der Waals surface area contributed by atoms with E-state index in [0.29, 0.717) is 0 Å². The van der Waals surface area contributed by atoms with Crippen molar-refractivity contribution in [3.05, 3.63) is 35.3 Å². The number of rotatable bonds is 3. The van der Waals surface area contributed by atoms with Gasteiger partial charge in [-0.3, -0.25) is 0 Å². The standard InChI is InChI=1S/C13H13N3S2/c1-8(14-2)12-15-16-13(18-12)11-7-9-5-3-4-6-10(9)17-11/h3-8,14H,1-2H3. The van der Waals surface area contributed by atoms with Crippen LogP contribution >= 0.6 is 22.7 Å². The van der Waals surface area contributed by atoms with Gasteiger partial charge in [-0.15, -0.1) is 21.5 Å². The van der Waals surface area contributed by atoms with E-state index in [-0.39, 0.29) is 6.04 Å². The summed E-state index contributed by atoms with van der Waals surface area (Å²) in [4.78, 5) is 1.20. The Morgan fingerprint density at radius 1 is 1.17 bits per heavy atom. The van der Waals surface area contributed by atoms with Crippen LogP contribution in [0.25, 0.3) is 20.0 Å². The van der Waals surface area contributed by atoms with Gasteiger partial charge in [0.15, 0.2) is 5.01 Å². The lowest BCUT2D eigenvalue weighted by atomic mass is 10.2. The Labute approximate surface area is 114 Å². The minimum Gasteiger partial charge on any atom is -0.311 e. The van der Waals surface area contributed by atoms with E-state index in [9.17, 15) is 0 Å². The zero-order valence-corrected chi connectivity index (χ0v) is 11.8. The van der Waals surface area contributed by atoms with Crippen molar-refractivity contribution in [2.45, 2.75) is 13.0 Å². The molecule has 92 valence electrons.